The number of ether oxygens (including phenoxy) is 1. The fraction of sp³-hybridized carbons (Fsp3) is 0.167. The van der Waals surface area contributed by atoms with E-state index in [2.05, 4.69) is 31.2 Å². The van der Waals surface area contributed by atoms with Gasteiger partial charge in [-0.3, -0.25) is 0 Å². The molecule has 2 aromatic rings. The summed E-state index contributed by atoms with van der Waals surface area (Å²) in [6.07, 6.45) is 1.60. The maximum absolute atomic E-state index is 5.77. The predicted octanol–water partition coefficient (Wildman–Crippen LogP) is 4.03. The highest BCUT2D eigenvalue weighted by atomic mass is 79.9. The summed E-state index contributed by atoms with van der Waals surface area (Å²) in [6.45, 7) is 2.54. The van der Waals surface area contributed by atoms with Gasteiger partial charge in [-0.25, -0.2) is 4.98 Å². The van der Waals surface area contributed by atoms with Crippen LogP contribution in [0.4, 0.5) is 11.5 Å². The van der Waals surface area contributed by atoms with Gasteiger partial charge in [0.1, 0.15) is 11.6 Å². The van der Waals surface area contributed by atoms with Gasteiger partial charge in [0.15, 0.2) is 0 Å². The number of benzene rings is 1. The van der Waals surface area contributed by atoms with Crippen LogP contribution in [-0.4, -0.2) is 16.6 Å². The highest BCUT2D eigenvalue weighted by Gasteiger charge is 2.07. The van der Waals surface area contributed by atoms with Gasteiger partial charge in [-0.15, -0.1) is 0 Å². The summed E-state index contributed by atoms with van der Waals surface area (Å²) in [7, 11) is 0. The molecule has 2 rings (SSSR count). The van der Waals surface area contributed by atoms with Crippen molar-refractivity contribution in [1.29, 1.82) is 0 Å². The van der Waals surface area contributed by atoms with Crippen molar-refractivity contribution in [2.75, 3.05) is 11.9 Å². The summed E-state index contributed by atoms with van der Waals surface area (Å²) in [6, 6.07) is 7.63. The molecule has 0 saturated heterocycles. The molecule has 1 aromatic carbocycles. The number of nitrogens with one attached hydrogen (secondary N) is 1. The highest BCUT2D eigenvalue weighted by molar-refractivity contribution is 9.10. The van der Waals surface area contributed by atoms with Crippen molar-refractivity contribution in [2.45, 2.75) is 6.92 Å². The smallest absolute Gasteiger partial charge is 0.224 e. The molecule has 0 aliphatic heterocycles. The summed E-state index contributed by atoms with van der Waals surface area (Å²) < 4.78 is 6.26. The lowest BCUT2D eigenvalue weighted by atomic mass is 10.3. The van der Waals surface area contributed by atoms with Gasteiger partial charge in [-0.1, -0.05) is 12.1 Å². The summed E-state index contributed by atoms with van der Waals surface area (Å²) >= 11 is 9.13. The number of aromatic nitrogens is 2. The second kappa shape index (κ2) is 6.02. The van der Waals surface area contributed by atoms with E-state index < -0.39 is 0 Å². The van der Waals surface area contributed by atoms with E-state index in [9.17, 15) is 0 Å². The first-order chi connectivity index (χ1) is 8.70. The Hall–Kier alpha value is -1.33. The van der Waals surface area contributed by atoms with E-state index in [-0.39, 0.29) is 5.28 Å². The zero-order valence-corrected chi connectivity index (χ0v) is 12.0. The van der Waals surface area contributed by atoms with E-state index >= 15 is 0 Å². The molecule has 94 valence electrons. The summed E-state index contributed by atoms with van der Waals surface area (Å²) in [4.78, 5) is 7.99. The third kappa shape index (κ3) is 3.11. The minimum Gasteiger partial charge on any atom is -0.492 e. The number of para-hydroxylation sites is 2. The lowest BCUT2D eigenvalue weighted by molar-refractivity contribution is 0.342. The first kappa shape index (κ1) is 13.1. The van der Waals surface area contributed by atoms with Gasteiger partial charge in [0.25, 0.3) is 0 Å². The number of hydrogen-bond acceptors (Lipinski definition) is 4. The van der Waals surface area contributed by atoms with Crippen LogP contribution >= 0.6 is 27.5 Å². The molecule has 4 nitrogen and oxygen atoms in total. The van der Waals surface area contributed by atoms with Crippen molar-refractivity contribution < 1.29 is 4.74 Å². The quantitative estimate of drug-likeness (QED) is 0.861. The Balaban J connectivity index is 2.30. The van der Waals surface area contributed by atoms with Crippen molar-refractivity contribution in [3.05, 3.63) is 40.2 Å². The Bertz CT molecular complexity index is 551. The average molecular weight is 329 g/mol. The van der Waals surface area contributed by atoms with E-state index in [0.29, 0.717) is 12.4 Å². The Kier molecular flexibility index (Phi) is 4.38. The number of nitrogens with zero attached hydrogens (tertiary/aromatic N) is 2. The fourth-order valence-electron chi connectivity index (χ4n) is 1.41. The molecule has 0 bridgehead atoms. The molecular formula is C12H11BrClN3O. The molecule has 0 fully saturated rings. The molecule has 0 aliphatic carbocycles. The molecule has 0 atom stereocenters. The summed E-state index contributed by atoms with van der Waals surface area (Å²) in [5.74, 6) is 1.36. The zero-order chi connectivity index (χ0) is 13.0. The Labute approximate surface area is 118 Å². The van der Waals surface area contributed by atoms with Gasteiger partial charge < -0.3 is 10.1 Å². The Morgan fingerprint density at radius 2 is 2.17 bits per heavy atom. The standard InChI is InChI=1S/C12H11BrClN3O/c1-2-18-10-6-4-3-5-9(10)16-11-8(13)7-15-12(14)17-11/h3-7H,2H2,1H3,(H,15,16,17). The van der Waals surface area contributed by atoms with Gasteiger partial charge in [0, 0.05) is 6.20 Å². The Morgan fingerprint density at radius 1 is 1.39 bits per heavy atom. The van der Waals surface area contributed by atoms with Crippen molar-refractivity contribution in [2.24, 2.45) is 0 Å². The molecule has 18 heavy (non-hydrogen) atoms. The lowest BCUT2D eigenvalue weighted by Crippen LogP contribution is -2.00. The minimum absolute atomic E-state index is 0.189. The van der Waals surface area contributed by atoms with Gasteiger partial charge >= 0.3 is 0 Å². The van der Waals surface area contributed by atoms with Crippen LogP contribution in [0.2, 0.25) is 5.28 Å². The fourth-order valence-corrected chi connectivity index (χ4v) is 1.84. The van der Waals surface area contributed by atoms with Crippen LogP contribution in [-0.2, 0) is 0 Å². The van der Waals surface area contributed by atoms with Gasteiger partial charge in [-0.05, 0) is 46.6 Å². The molecule has 0 aliphatic rings. The predicted molar refractivity (Wildman–Crippen MR) is 75.6 cm³/mol. The maximum atomic E-state index is 5.77. The maximum Gasteiger partial charge on any atom is 0.224 e. The first-order valence-corrected chi connectivity index (χ1v) is 6.54. The molecule has 1 N–H and O–H groups in total. The molecule has 0 amide bonds. The third-order valence-corrected chi connectivity index (χ3v) is 2.92. The van der Waals surface area contributed by atoms with E-state index in [1.165, 1.54) is 0 Å². The third-order valence-electron chi connectivity index (χ3n) is 2.15. The Morgan fingerprint density at radius 3 is 2.94 bits per heavy atom. The SMILES string of the molecule is CCOc1ccccc1Nc1nc(Cl)ncc1Br. The number of halogens is 2. The van der Waals surface area contributed by atoms with Crippen LogP contribution in [0.1, 0.15) is 6.92 Å². The van der Waals surface area contributed by atoms with Gasteiger partial charge in [0.2, 0.25) is 5.28 Å². The minimum atomic E-state index is 0.189. The highest BCUT2D eigenvalue weighted by Crippen LogP contribution is 2.30. The number of hydrogen-bond donors (Lipinski definition) is 1. The van der Waals surface area contributed by atoms with E-state index in [4.69, 9.17) is 16.3 Å². The van der Waals surface area contributed by atoms with Crippen LogP contribution in [0, 0.1) is 0 Å². The summed E-state index contributed by atoms with van der Waals surface area (Å²) in [5.41, 5.74) is 0.829. The molecule has 0 radical (unpaired) electrons. The molecule has 1 aromatic heterocycles. The molecule has 0 spiro atoms. The number of rotatable bonds is 4. The van der Waals surface area contributed by atoms with Crippen LogP contribution < -0.4 is 10.1 Å². The van der Waals surface area contributed by atoms with Crippen molar-refractivity contribution >= 4 is 39.0 Å². The molecule has 1 heterocycles. The monoisotopic (exact) mass is 327 g/mol. The van der Waals surface area contributed by atoms with Crippen molar-refractivity contribution in [1.82, 2.24) is 9.97 Å². The topological polar surface area (TPSA) is 47.0 Å². The molecule has 0 saturated carbocycles. The van der Waals surface area contributed by atoms with E-state index in [1.807, 2.05) is 31.2 Å². The molecular weight excluding hydrogens is 318 g/mol. The second-order valence-corrected chi connectivity index (χ2v) is 4.58. The van der Waals surface area contributed by atoms with E-state index in [0.717, 1.165) is 15.9 Å². The molecule has 6 heteroatoms. The van der Waals surface area contributed by atoms with Gasteiger partial charge in [0.05, 0.1) is 16.8 Å². The largest absolute Gasteiger partial charge is 0.492 e. The lowest BCUT2D eigenvalue weighted by Gasteiger charge is -2.12. The molecule has 0 unspecified atom stereocenters. The zero-order valence-electron chi connectivity index (χ0n) is 9.65. The van der Waals surface area contributed by atoms with Gasteiger partial charge in [-0.2, -0.15) is 4.98 Å². The van der Waals surface area contributed by atoms with E-state index in [1.54, 1.807) is 6.20 Å². The van der Waals surface area contributed by atoms with Crippen molar-refractivity contribution in [3.63, 3.8) is 0 Å². The number of anilines is 2. The van der Waals surface area contributed by atoms with Crippen LogP contribution in [0.3, 0.4) is 0 Å². The van der Waals surface area contributed by atoms with Crippen LogP contribution in [0.25, 0.3) is 0 Å². The normalized spacial score (nSPS) is 10.2. The first-order valence-electron chi connectivity index (χ1n) is 5.37. The summed E-state index contributed by atoms with van der Waals surface area (Å²) in [5, 5.41) is 3.35. The van der Waals surface area contributed by atoms with Crippen LogP contribution in [0.5, 0.6) is 5.75 Å². The van der Waals surface area contributed by atoms with Crippen LogP contribution in [0.15, 0.2) is 34.9 Å². The average Bonchev–Trinajstić information content (AvgIpc) is 2.36. The van der Waals surface area contributed by atoms with Crippen molar-refractivity contribution in [3.8, 4) is 5.75 Å². The second-order valence-electron chi connectivity index (χ2n) is 3.39.